The predicted octanol–water partition coefficient (Wildman–Crippen LogP) is -0.186. The Bertz CT molecular complexity index is 305. The second kappa shape index (κ2) is 5.43. The number of halogens is 1. The summed E-state index contributed by atoms with van der Waals surface area (Å²) in [4.78, 5) is 5.03. The van der Waals surface area contributed by atoms with Crippen molar-refractivity contribution in [1.82, 2.24) is 0 Å². The molecule has 0 amide bonds. The van der Waals surface area contributed by atoms with Gasteiger partial charge in [0.25, 0.3) is 0 Å². The summed E-state index contributed by atoms with van der Waals surface area (Å²) in [5.74, 6) is 0. The van der Waals surface area contributed by atoms with Crippen LogP contribution in [0.1, 0.15) is 11.8 Å². The van der Waals surface area contributed by atoms with Crippen molar-refractivity contribution in [3.8, 4) is 0 Å². The Labute approximate surface area is 104 Å². The third kappa shape index (κ3) is 3.28. The van der Waals surface area contributed by atoms with Gasteiger partial charge in [0.15, 0.2) is 0 Å². The van der Waals surface area contributed by atoms with Crippen LogP contribution in [0.25, 0.3) is 0 Å². The summed E-state index contributed by atoms with van der Waals surface area (Å²) in [6.07, 6.45) is 0. The number of likely N-dealkylation sites (N-methyl/N-ethyl adjacent to an activating group) is 1. The summed E-state index contributed by atoms with van der Waals surface area (Å²) in [6.45, 7) is 10.1. The topological polar surface area (TPSA) is 8.88 Å². The summed E-state index contributed by atoms with van der Waals surface area (Å²) in [7, 11) is 0. The van der Waals surface area contributed by atoms with E-state index in [4.69, 9.17) is 0 Å². The number of nitrogens with one attached hydrogen (secondary N) is 2. The van der Waals surface area contributed by atoms with Crippen LogP contribution in [0, 0.1) is 0 Å². The Morgan fingerprint density at radius 1 is 1.20 bits per heavy atom. The average Bonchev–Trinajstić information content (AvgIpc) is 2.65. The van der Waals surface area contributed by atoms with Crippen molar-refractivity contribution in [1.29, 1.82) is 0 Å². The molecule has 15 heavy (non-hydrogen) atoms. The molecule has 2 rings (SSSR count). The van der Waals surface area contributed by atoms with Crippen LogP contribution in [0.15, 0.2) is 15.9 Å². The average molecular weight is 291 g/mol. The van der Waals surface area contributed by atoms with Crippen molar-refractivity contribution >= 4 is 27.3 Å². The number of rotatable bonds is 3. The van der Waals surface area contributed by atoms with Crippen LogP contribution in [0.5, 0.6) is 0 Å². The Morgan fingerprint density at radius 3 is 2.40 bits per heavy atom. The molecule has 1 aromatic heterocycles. The molecule has 1 fully saturated rings. The summed E-state index contributed by atoms with van der Waals surface area (Å²) >= 11 is 5.40. The highest BCUT2D eigenvalue weighted by Crippen LogP contribution is 2.21. The highest BCUT2D eigenvalue weighted by molar-refractivity contribution is 9.11. The van der Waals surface area contributed by atoms with Gasteiger partial charge in [-0.05, 0) is 35.0 Å². The minimum absolute atomic E-state index is 1.22. The Morgan fingerprint density at radius 2 is 1.87 bits per heavy atom. The molecular weight excluding hydrogens is 272 g/mol. The Hall–Kier alpha value is 0.1000. The molecule has 2 heterocycles. The first-order valence-corrected chi connectivity index (χ1v) is 7.30. The maximum Gasteiger partial charge on any atom is 0.127 e. The van der Waals surface area contributed by atoms with Crippen molar-refractivity contribution in [2.75, 3.05) is 32.7 Å². The standard InChI is InChI=1S/C11H17BrN2S/c1-2-13-5-7-14(8-6-13)9-10-3-4-11(12)15-10/h3-4H,2,5-9H2,1H3/p+2. The van der Waals surface area contributed by atoms with Crippen molar-refractivity contribution in [2.45, 2.75) is 13.5 Å². The molecule has 4 heteroatoms. The van der Waals surface area contributed by atoms with Gasteiger partial charge >= 0.3 is 0 Å². The fourth-order valence-corrected chi connectivity index (χ4v) is 3.74. The van der Waals surface area contributed by atoms with Crippen LogP contribution >= 0.6 is 27.3 Å². The maximum absolute atomic E-state index is 3.52. The molecule has 0 spiro atoms. The molecule has 0 radical (unpaired) electrons. The first kappa shape index (κ1) is 11.6. The molecule has 1 aliphatic rings. The van der Waals surface area contributed by atoms with Crippen LogP contribution in [0.2, 0.25) is 0 Å². The van der Waals surface area contributed by atoms with Gasteiger partial charge < -0.3 is 9.80 Å². The molecule has 84 valence electrons. The zero-order valence-corrected chi connectivity index (χ0v) is 11.6. The highest BCUT2D eigenvalue weighted by Gasteiger charge is 2.21. The highest BCUT2D eigenvalue weighted by atomic mass is 79.9. The molecule has 0 unspecified atom stereocenters. The van der Waals surface area contributed by atoms with Crippen LogP contribution in [0.3, 0.4) is 0 Å². The second-order valence-corrected chi connectivity index (χ2v) is 6.78. The van der Waals surface area contributed by atoms with Gasteiger partial charge in [-0.2, -0.15) is 0 Å². The van der Waals surface area contributed by atoms with Gasteiger partial charge in [-0.1, -0.05) is 0 Å². The van der Waals surface area contributed by atoms with E-state index in [1.807, 2.05) is 11.3 Å². The number of hydrogen-bond acceptors (Lipinski definition) is 1. The summed E-state index contributed by atoms with van der Waals surface area (Å²) < 4.78 is 1.26. The summed E-state index contributed by atoms with van der Waals surface area (Å²) in [5, 5.41) is 0. The molecule has 2 N–H and O–H groups in total. The van der Waals surface area contributed by atoms with E-state index >= 15 is 0 Å². The minimum Gasteiger partial charge on any atom is -0.326 e. The lowest BCUT2D eigenvalue weighted by atomic mass is 10.3. The van der Waals surface area contributed by atoms with Crippen LogP contribution in [-0.2, 0) is 6.54 Å². The molecule has 1 aliphatic heterocycles. The lowest BCUT2D eigenvalue weighted by molar-refractivity contribution is -1.02. The largest absolute Gasteiger partial charge is 0.326 e. The molecule has 0 saturated carbocycles. The van der Waals surface area contributed by atoms with E-state index in [0.717, 1.165) is 0 Å². The lowest BCUT2D eigenvalue weighted by Gasteiger charge is -2.28. The molecule has 0 atom stereocenters. The third-order valence-corrected chi connectivity index (χ3v) is 4.84. The molecule has 1 aromatic rings. The van der Waals surface area contributed by atoms with Gasteiger partial charge in [0, 0.05) is 0 Å². The van der Waals surface area contributed by atoms with Crippen LogP contribution < -0.4 is 9.80 Å². The van der Waals surface area contributed by atoms with E-state index in [-0.39, 0.29) is 0 Å². The first-order chi connectivity index (χ1) is 7.28. The fraction of sp³-hybridized carbons (Fsp3) is 0.636. The van der Waals surface area contributed by atoms with E-state index in [9.17, 15) is 0 Å². The zero-order valence-electron chi connectivity index (χ0n) is 9.18. The Kier molecular flexibility index (Phi) is 4.20. The molecule has 0 aliphatic carbocycles. The number of quaternary nitrogens is 2. The number of hydrogen-bond donors (Lipinski definition) is 2. The van der Waals surface area contributed by atoms with Crippen molar-refractivity contribution in [2.24, 2.45) is 0 Å². The number of thiophene rings is 1. The molecule has 0 bridgehead atoms. The van der Waals surface area contributed by atoms with Crippen molar-refractivity contribution in [3.05, 3.63) is 20.8 Å². The van der Waals surface area contributed by atoms with Gasteiger partial charge in [-0.3, -0.25) is 0 Å². The summed E-state index contributed by atoms with van der Waals surface area (Å²) in [5.41, 5.74) is 0. The van der Waals surface area contributed by atoms with Gasteiger partial charge in [-0.15, -0.1) is 11.3 Å². The van der Waals surface area contributed by atoms with Crippen molar-refractivity contribution in [3.63, 3.8) is 0 Å². The van der Waals surface area contributed by atoms with Gasteiger partial charge in [-0.25, -0.2) is 0 Å². The normalized spacial score (nSPS) is 26.8. The van der Waals surface area contributed by atoms with Gasteiger partial charge in [0.2, 0.25) is 0 Å². The minimum atomic E-state index is 1.22. The first-order valence-electron chi connectivity index (χ1n) is 5.69. The predicted molar refractivity (Wildman–Crippen MR) is 67.7 cm³/mol. The van der Waals surface area contributed by atoms with Gasteiger partial charge in [0.1, 0.15) is 32.7 Å². The number of piperazine rings is 1. The third-order valence-electron chi connectivity index (χ3n) is 3.22. The van der Waals surface area contributed by atoms with Crippen LogP contribution in [0.4, 0.5) is 0 Å². The molecular formula is C11H19BrN2S+2. The zero-order chi connectivity index (χ0) is 10.7. The molecule has 1 saturated heterocycles. The lowest BCUT2D eigenvalue weighted by Crippen LogP contribution is -3.27. The van der Waals surface area contributed by atoms with E-state index in [2.05, 4.69) is 35.0 Å². The molecule has 0 aromatic carbocycles. The quantitative estimate of drug-likeness (QED) is 0.764. The smallest absolute Gasteiger partial charge is 0.127 e. The monoisotopic (exact) mass is 290 g/mol. The van der Waals surface area contributed by atoms with Crippen molar-refractivity contribution < 1.29 is 9.80 Å². The molecule has 2 nitrogen and oxygen atoms in total. The maximum atomic E-state index is 3.52. The van der Waals surface area contributed by atoms with Gasteiger partial charge in [0.05, 0.1) is 15.2 Å². The Balaban J connectivity index is 1.82. The van der Waals surface area contributed by atoms with E-state index < -0.39 is 0 Å². The van der Waals surface area contributed by atoms with E-state index in [1.54, 1.807) is 9.80 Å². The second-order valence-electron chi connectivity index (χ2n) is 4.24. The van der Waals surface area contributed by atoms with E-state index in [0.29, 0.717) is 0 Å². The van der Waals surface area contributed by atoms with E-state index in [1.165, 1.54) is 47.9 Å². The van der Waals surface area contributed by atoms with Crippen LogP contribution in [-0.4, -0.2) is 32.7 Å². The SMILES string of the molecule is CC[NH+]1CC[NH+](Cc2ccc(Br)s2)CC1. The fourth-order valence-electron chi connectivity index (χ4n) is 2.18. The summed E-state index contributed by atoms with van der Waals surface area (Å²) in [6, 6.07) is 4.41.